The molecule has 0 spiro atoms. The first-order valence-electron chi connectivity index (χ1n) is 9.74. The summed E-state index contributed by atoms with van der Waals surface area (Å²) in [6, 6.07) is 12.6. The van der Waals surface area contributed by atoms with Crippen molar-refractivity contribution in [2.24, 2.45) is 7.05 Å². The van der Waals surface area contributed by atoms with Crippen LogP contribution in [0.15, 0.2) is 53.7 Å². The minimum atomic E-state index is -0.253. The van der Waals surface area contributed by atoms with Crippen molar-refractivity contribution in [3.05, 3.63) is 81.1 Å². The number of aromatic nitrogens is 3. The summed E-state index contributed by atoms with van der Waals surface area (Å²) in [7, 11) is 3.39. The highest BCUT2D eigenvalue weighted by Crippen LogP contribution is 2.32. The van der Waals surface area contributed by atoms with Crippen molar-refractivity contribution in [3.63, 3.8) is 0 Å². The summed E-state index contributed by atoms with van der Waals surface area (Å²) in [5.74, 6) is 0.946. The molecule has 0 saturated heterocycles. The van der Waals surface area contributed by atoms with Gasteiger partial charge in [-0.3, -0.25) is 4.79 Å². The average Bonchev–Trinajstić information content (AvgIpc) is 3.22. The Morgan fingerprint density at radius 3 is 2.81 bits per heavy atom. The number of rotatable bonds is 7. The minimum absolute atomic E-state index is 0.253. The van der Waals surface area contributed by atoms with E-state index in [2.05, 4.69) is 21.4 Å². The van der Waals surface area contributed by atoms with Gasteiger partial charge >= 0.3 is 0 Å². The fraction of sp³-hybridized carbons (Fsp3) is 0.174. The van der Waals surface area contributed by atoms with Crippen molar-refractivity contribution in [3.8, 4) is 17.6 Å². The van der Waals surface area contributed by atoms with Gasteiger partial charge in [-0.15, -0.1) is 0 Å². The number of methoxy groups -OCH3 is 1. The van der Waals surface area contributed by atoms with Gasteiger partial charge in [-0.05, 0) is 30.3 Å². The fourth-order valence-electron chi connectivity index (χ4n) is 3.28. The Morgan fingerprint density at radius 1 is 1.25 bits per heavy atom. The maximum absolute atomic E-state index is 12.7. The summed E-state index contributed by atoms with van der Waals surface area (Å²) >= 11 is 6.51. The first-order valence-corrected chi connectivity index (χ1v) is 10.1. The van der Waals surface area contributed by atoms with E-state index in [1.807, 2.05) is 17.7 Å². The Balaban J connectivity index is 1.54. The van der Waals surface area contributed by atoms with Gasteiger partial charge in [-0.25, -0.2) is 4.98 Å². The number of hydrogen-bond donors (Lipinski definition) is 2. The number of nitrogens with zero attached hydrogens (tertiary/aromatic N) is 3. The molecule has 0 atom stereocenters. The third-order valence-electron chi connectivity index (χ3n) is 5.10. The van der Waals surface area contributed by atoms with Crippen molar-refractivity contribution in [2.75, 3.05) is 12.4 Å². The van der Waals surface area contributed by atoms with Gasteiger partial charge in [-0.2, -0.15) is 5.26 Å². The second kappa shape index (κ2) is 9.04. The zero-order valence-corrected chi connectivity index (χ0v) is 18.2. The quantitative estimate of drug-likeness (QED) is 0.442. The van der Waals surface area contributed by atoms with Crippen LogP contribution in [0.2, 0.25) is 5.02 Å². The average molecular weight is 450 g/mol. The molecule has 0 aliphatic rings. The lowest BCUT2D eigenvalue weighted by molar-refractivity contribution is 0.297. The number of nitriles is 1. The molecule has 4 rings (SSSR count). The summed E-state index contributed by atoms with van der Waals surface area (Å²) in [4.78, 5) is 19.6. The van der Waals surface area contributed by atoms with Crippen molar-refractivity contribution < 1.29 is 9.47 Å². The highest BCUT2D eigenvalue weighted by Gasteiger charge is 2.12. The number of aromatic amines is 1. The lowest BCUT2D eigenvalue weighted by Crippen LogP contribution is -2.16. The summed E-state index contributed by atoms with van der Waals surface area (Å²) in [6.07, 6.45) is 3.42. The number of ether oxygens (including phenoxy) is 2. The van der Waals surface area contributed by atoms with Crippen LogP contribution in [0.3, 0.4) is 0 Å². The molecule has 9 heteroatoms. The second-order valence-corrected chi connectivity index (χ2v) is 7.51. The molecule has 0 aliphatic heterocycles. The van der Waals surface area contributed by atoms with Gasteiger partial charge in [0.2, 0.25) is 0 Å². The van der Waals surface area contributed by atoms with Gasteiger partial charge in [0.25, 0.3) is 5.56 Å². The Labute approximate surface area is 189 Å². The Morgan fingerprint density at radius 2 is 2.09 bits per heavy atom. The number of aryl methyl sites for hydroxylation is 1. The third-order valence-corrected chi connectivity index (χ3v) is 5.47. The number of fused-ring (bicyclic) bond motifs is 1. The molecule has 0 unspecified atom stereocenters. The van der Waals surface area contributed by atoms with E-state index in [9.17, 15) is 4.79 Å². The summed E-state index contributed by atoms with van der Waals surface area (Å²) in [5.41, 5.74) is 2.88. The number of H-pyrrole nitrogens is 1. The molecule has 0 amide bonds. The normalized spacial score (nSPS) is 10.7. The first kappa shape index (κ1) is 21.3. The number of halogens is 1. The van der Waals surface area contributed by atoms with Crippen molar-refractivity contribution in [2.45, 2.75) is 13.2 Å². The molecule has 4 aromatic rings. The Kier molecular flexibility index (Phi) is 6.01. The van der Waals surface area contributed by atoms with Crippen molar-refractivity contribution >= 4 is 28.2 Å². The molecule has 162 valence electrons. The van der Waals surface area contributed by atoms with Crippen LogP contribution >= 0.6 is 11.6 Å². The van der Waals surface area contributed by atoms with Crippen LogP contribution in [-0.2, 0) is 20.2 Å². The predicted molar refractivity (Wildman–Crippen MR) is 122 cm³/mol. The maximum Gasteiger partial charge on any atom is 0.253 e. The number of benzene rings is 2. The number of nitrogens with one attached hydrogen (secondary N) is 2. The predicted octanol–water partition coefficient (Wildman–Crippen LogP) is 3.99. The highest BCUT2D eigenvalue weighted by molar-refractivity contribution is 6.36. The van der Waals surface area contributed by atoms with Crippen LogP contribution in [0.25, 0.3) is 10.9 Å². The number of hydrogen-bond acceptors (Lipinski definition) is 6. The second-order valence-electron chi connectivity index (χ2n) is 7.13. The van der Waals surface area contributed by atoms with Crippen LogP contribution in [0, 0.1) is 11.3 Å². The standard InChI is InChI=1S/C23H20ClN5O3/c1-29-13-26-11-18(29)12-32-19-6-4-14-7-16(23(30)28-22(14)21(19)24)10-27-17-5-3-15(9-25)20(8-17)31-2/h3-8,11,13,27H,10,12H2,1-2H3,(H,28,30). The molecule has 2 aromatic carbocycles. The molecule has 0 aliphatic carbocycles. The first-order chi connectivity index (χ1) is 15.5. The molecule has 0 bridgehead atoms. The molecule has 2 heterocycles. The number of imidazole rings is 1. The zero-order valence-electron chi connectivity index (χ0n) is 17.5. The fourth-order valence-corrected chi connectivity index (χ4v) is 3.55. The third kappa shape index (κ3) is 4.24. The van der Waals surface area contributed by atoms with Gasteiger partial charge in [0.1, 0.15) is 29.2 Å². The highest BCUT2D eigenvalue weighted by atomic mass is 35.5. The van der Waals surface area contributed by atoms with Gasteiger partial charge in [0, 0.05) is 36.3 Å². The lowest BCUT2D eigenvalue weighted by atomic mass is 10.1. The van der Waals surface area contributed by atoms with E-state index in [-0.39, 0.29) is 12.1 Å². The number of pyridine rings is 1. The molecule has 8 nitrogen and oxygen atoms in total. The molecule has 0 fully saturated rings. The maximum atomic E-state index is 12.7. The summed E-state index contributed by atoms with van der Waals surface area (Å²) in [6.45, 7) is 0.596. The Hall–Kier alpha value is -3.96. The van der Waals surface area contributed by atoms with Crippen LogP contribution in [0.5, 0.6) is 11.5 Å². The summed E-state index contributed by atoms with van der Waals surface area (Å²) in [5, 5.41) is 13.4. The largest absolute Gasteiger partial charge is 0.495 e. The molecule has 32 heavy (non-hydrogen) atoms. The van der Waals surface area contributed by atoms with Crippen molar-refractivity contribution in [1.82, 2.24) is 14.5 Å². The van der Waals surface area contributed by atoms with E-state index in [0.29, 0.717) is 39.8 Å². The van der Waals surface area contributed by atoms with Crippen LogP contribution in [0.1, 0.15) is 16.8 Å². The molecule has 2 N–H and O–H groups in total. The molecule has 0 saturated carbocycles. The SMILES string of the molecule is COc1cc(NCc2cc3ccc(OCc4cncn4C)c(Cl)c3[nH]c2=O)ccc1C#N. The Bertz CT molecular complexity index is 1390. The summed E-state index contributed by atoms with van der Waals surface area (Å²) < 4.78 is 12.9. The minimum Gasteiger partial charge on any atom is -0.495 e. The topological polar surface area (TPSA) is 105 Å². The van der Waals surface area contributed by atoms with Crippen LogP contribution < -0.4 is 20.3 Å². The van der Waals surface area contributed by atoms with Gasteiger partial charge in [0.05, 0.1) is 36.4 Å². The zero-order chi connectivity index (χ0) is 22.7. The van der Waals surface area contributed by atoms with E-state index in [1.165, 1.54) is 7.11 Å². The smallest absolute Gasteiger partial charge is 0.253 e. The molecule has 0 radical (unpaired) electrons. The van der Waals surface area contributed by atoms with E-state index in [4.69, 9.17) is 26.3 Å². The van der Waals surface area contributed by atoms with Crippen LogP contribution in [0.4, 0.5) is 5.69 Å². The molecular formula is C23H20ClN5O3. The van der Waals surface area contributed by atoms with E-state index in [1.54, 1.807) is 42.9 Å². The van der Waals surface area contributed by atoms with Gasteiger partial charge in [0.15, 0.2) is 0 Å². The van der Waals surface area contributed by atoms with Crippen LogP contribution in [-0.4, -0.2) is 21.6 Å². The van der Waals surface area contributed by atoms with Gasteiger partial charge in [-0.1, -0.05) is 11.6 Å². The van der Waals surface area contributed by atoms with Gasteiger partial charge < -0.3 is 24.3 Å². The monoisotopic (exact) mass is 449 g/mol. The van der Waals surface area contributed by atoms with E-state index < -0.39 is 0 Å². The lowest BCUT2D eigenvalue weighted by Gasteiger charge is -2.12. The number of anilines is 1. The van der Waals surface area contributed by atoms with E-state index >= 15 is 0 Å². The molecular weight excluding hydrogens is 430 g/mol. The van der Waals surface area contributed by atoms with Crippen molar-refractivity contribution in [1.29, 1.82) is 5.26 Å². The molecule has 2 aromatic heterocycles. The van der Waals surface area contributed by atoms with E-state index in [0.717, 1.165) is 16.8 Å².